The van der Waals surface area contributed by atoms with Gasteiger partial charge in [-0.2, -0.15) is 18.3 Å². The summed E-state index contributed by atoms with van der Waals surface area (Å²) >= 11 is 6.15. The van der Waals surface area contributed by atoms with Gasteiger partial charge in [0.05, 0.1) is 5.69 Å². The predicted octanol–water partition coefficient (Wildman–Crippen LogP) is 6.02. The molecular weight excluding hydrogens is 375 g/mol. The highest BCUT2D eigenvalue weighted by Gasteiger charge is 2.36. The van der Waals surface area contributed by atoms with Gasteiger partial charge in [0.15, 0.2) is 5.69 Å². The topological polar surface area (TPSA) is 29.9 Å². The highest BCUT2D eigenvalue weighted by atomic mass is 35.5. The first-order valence-electron chi connectivity index (χ1n) is 8.16. The van der Waals surface area contributed by atoms with Gasteiger partial charge in [-0.25, -0.2) is 4.68 Å². The molecule has 0 spiro atoms. The average Bonchev–Trinajstić information content (AvgIpc) is 3.00. The summed E-state index contributed by atoms with van der Waals surface area (Å²) in [6, 6.07) is 14.4. The number of aryl methyl sites for hydroxylation is 1. The zero-order valence-corrected chi connectivity index (χ0v) is 15.3. The molecule has 0 radical (unpaired) electrons. The lowest BCUT2D eigenvalue weighted by Crippen LogP contribution is -2.08. The summed E-state index contributed by atoms with van der Waals surface area (Å²) in [4.78, 5) is 0. The van der Waals surface area contributed by atoms with Gasteiger partial charge < -0.3 is 5.32 Å². The van der Waals surface area contributed by atoms with Gasteiger partial charge in [0.1, 0.15) is 0 Å². The Labute approximate surface area is 160 Å². The Balaban J connectivity index is 1.71. The van der Waals surface area contributed by atoms with E-state index in [0.717, 1.165) is 16.9 Å². The van der Waals surface area contributed by atoms with E-state index < -0.39 is 11.9 Å². The van der Waals surface area contributed by atoms with Crippen LogP contribution in [0.1, 0.15) is 16.8 Å². The number of nitrogens with zero attached hydrogens (tertiary/aromatic N) is 2. The molecule has 140 valence electrons. The summed E-state index contributed by atoms with van der Waals surface area (Å²) < 4.78 is 39.9. The van der Waals surface area contributed by atoms with E-state index >= 15 is 0 Å². The van der Waals surface area contributed by atoms with Gasteiger partial charge in [-0.15, -0.1) is 0 Å². The zero-order chi connectivity index (χ0) is 19.6. The molecular formula is C20H17ClF3N3. The Kier molecular flexibility index (Phi) is 5.28. The van der Waals surface area contributed by atoms with Crippen molar-refractivity contribution in [1.29, 1.82) is 0 Å². The van der Waals surface area contributed by atoms with Crippen molar-refractivity contribution in [3.8, 4) is 5.69 Å². The lowest BCUT2D eigenvalue weighted by molar-refractivity contribution is -0.141. The van der Waals surface area contributed by atoms with Crippen LogP contribution in [0.15, 0.2) is 67.0 Å². The first-order valence-corrected chi connectivity index (χ1v) is 8.54. The fraction of sp³-hybridized carbons (Fsp3) is 0.150. The third kappa shape index (κ3) is 4.52. The lowest BCUT2D eigenvalue weighted by atomic mass is 10.1. The van der Waals surface area contributed by atoms with Gasteiger partial charge in [-0.3, -0.25) is 0 Å². The van der Waals surface area contributed by atoms with Crippen molar-refractivity contribution in [3.63, 3.8) is 0 Å². The van der Waals surface area contributed by atoms with Crippen LogP contribution in [0.4, 0.5) is 18.9 Å². The van der Waals surface area contributed by atoms with Crippen molar-refractivity contribution >= 4 is 17.3 Å². The van der Waals surface area contributed by atoms with E-state index in [2.05, 4.69) is 17.0 Å². The lowest BCUT2D eigenvalue weighted by Gasteiger charge is -2.11. The summed E-state index contributed by atoms with van der Waals surface area (Å²) in [6.07, 6.45) is -2.54. The molecule has 1 N–H and O–H groups in total. The molecule has 0 bridgehead atoms. The number of rotatable bonds is 5. The van der Waals surface area contributed by atoms with Crippen molar-refractivity contribution in [2.45, 2.75) is 19.5 Å². The van der Waals surface area contributed by atoms with Crippen LogP contribution in [0.5, 0.6) is 0 Å². The standard InChI is InChI=1S/C20H17ClF3N3/c1-13-12-27(26-19(13)20(22,23)24)17-9-7-16(8-10-17)25-14(2)11-15-5-3-4-6-18(15)21/h3-10,12,25H,2,11H2,1H3. The molecule has 0 saturated carbocycles. The number of benzene rings is 2. The second-order valence-electron chi connectivity index (χ2n) is 6.15. The van der Waals surface area contributed by atoms with Crippen molar-refractivity contribution < 1.29 is 13.2 Å². The molecule has 1 aromatic heterocycles. The van der Waals surface area contributed by atoms with Crippen LogP contribution in [-0.4, -0.2) is 9.78 Å². The molecule has 0 aliphatic carbocycles. The molecule has 1 heterocycles. The molecule has 0 atom stereocenters. The Bertz CT molecular complexity index is 959. The fourth-order valence-corrected chi connectivity index (χ4v) is 2.89. The summed E-state index contributed by atoms with van der Waals surface area (Å²) in [7, 11) is 0. The number of anilines is 1. The largest absolute Gasteiger partial charge is 0.435 e. The van der Waals surface area contributed by atoms with E-state index in [1.54, 1.807) is 24.3 Å². The van der Waals surface area contributed by atoms with Crippen LogP contribution in [0.25, 0.3) is 5.69 Å². The minimum absolute atomic E-state index is 0.0813. The minimum Gasteiger partial charge on any atom is -0.359 e. The maximum atomic E-state index is 12.9. The summed E-state index contributed by atoms with van der Waals surface area (Å²) in [5.74, 6) is 0. The molecule has 0 amide bonds. The van der Waals surface area contributed by atoms with Crippen LogP contribution >= 0.6 is 11.6 Å². The Hall–Kier alpha value is -2.73. The Morgan fingerprint density at radius 3 is 2.41 bits per heavy atom. The summed E-state index contributed by atoms with van der Waals surface area (Å²) in [5.41, 5.74) is 2.23. The summed E-state index contributed by atoms with van der Waals surface area (Å²) in [5, 5.41) is 7.49. The van der Waals surface area contributed by atoms with E-state index in [-0.39, 0.29) is 5.56 Å². The van der Waals surface area contributed by atoms with Crippen molar-refractivity contribution in [2.24, 2.45) is 0 Å². The number of halogens is 4. The number of allylic oxidation sites excluding steroid dienone is 1. The normalized spacial score (nSPS) is 11.4. The SMILES string of the molecule is C=C(Cc1ccccc1Cl)Nc1ccc(-n2cc(C)c(C(F)(F)F)n2)cc1. The molecule has 0 unspecified atom stereocenters. The molecule has 0 aliphatic heterocycles. The Morgan fingerprint density at radius 1 is 1.15 bits per heavy atom. The van der Waals surface area contributed by atoms with E-state index in [9.17, 15) is 13.2 Å². The molecule has 3 rings (SSSR count). The van der Waals surface area contributed by atoms with E-state index in [1.807, 2.05) is 24.3 Å². The van der Waals surface area contributed by atoms with Gasteiger partial charge in [0.25, 0.3) is 0 Å². The predicted molar refractivity (Wildman–Crippen MR) is 101 cm³/mol. The van der Waals surface area contributed by atoms with Crippen LogP contribution < -0.4 is 5.32 Å². The fourth-order valence-electron chi connectivity index (χ4n) is 2.69. The second kappa shape index (κ2) is 7.48. The Morgan fingerprint density at radius 2 is 1.81 bits per heavy atom. The van der Waals surface area contributed by atoms with Gasteiger partial charge in [-0.1, -0.05) is 36.4 Å². The van der Waals surface area contributed by atoms with Crippen molar-refractivity contribution in [2.75, 3.05) is 5.32 Å². The van der Waals surface area contributed by atoms with Crippen molar-refractivity contribution in [3.05, 3.63) is 88.8 Å². The van der Waals surface area contributed by atoms with Crippen LogP contribution in [0, 0.1) is 6.92 Å². The van der Waals surface area contributed by atoms with Crippen LogP contribution in [0.3, 0.4) is 0 Å². The van der Waals surface area contributed by atoms with Crippen LogP contribution in [-0.2, 0) is 12.6 Å². The monoisotopic (exact) mass is 391 g/mol. The second-order valence-corrected chi connectivity index (χ2v) is 6.55. The molecule has 3 nitrogen and oxygen atoms in total. The molecule has 7 heteroatoms. The minimum atomic E-state index is -4.46. The zero-order valence-electron chi connectivity index (χ0n) is 14.5. The maximum Gasteiger partial charge on any atom is 0.435 e. The highest BCUT2D eigenvalue weighted by Crippen LogP contribution is 2.31. The van der Waals surface area contributed by atoms with Crippen LogP contribution in [0.2, 0.25) is 5.02 Å². The number of nitrogens with one attached hydrogen (secondary N) is 1. The van der Waals surface area contributed by atoms with E-state index in [0.29, 0.717) is 17.1 Å². The molecule has 2 aromatic carbocycles. The quantitative estimate of drug-likeness (QED) is 0.576. The third-order valence-electron chi connectivity index (χ3n) is 3.98. The maximum absolute atomic E-state index is 12.9. The number of hydrogen-bond acceptors (Lipinski definition) is 2. The number of aromatic nitrogens is 2. The van der Waals surface area contributed by atoms with E-state index in [1.165, 1.54) is 17.8 Å². The highest BCUT2D eigenvalue weighted by molar-refractivity contribution is 6.31. The average molecular weight is 392 g/mol. The number of hydrogen-bond donors (Lipinski definition) is 1. The molecule has 0 fully saturated rings. The van der Waals surface area contributed by atoms with Gasteiger partial charge in [-0.05, 0) is 48.4 Å². The number of alkyl halides is 3. The molecule has 27 heavy (non-hydrogen) atoms. The third-order valence-corrected chi connectivity index (χ3v) is 4.35. The smallest absolute Gasteiger partial charge is 0.359 e. The summed E-state index contributed by atoms with van der Waals surface area (Å²) in [6.45, 7) is 5.39. The first-order chi connectivity index (χ1) is 12.7. The van der Waals surface area contributed by atoms with Gasteiger partial charge in [0.2, 0.25) is 0 Å². The molecule has 0 saturated heterocycles. The van der Waals surface area contributed by atoms with Gasteiger partial charge in [0, 0.05) is 29.0 Å². The van der Waals surface area contributed by atoms with E-state index in [4.69, 9.17) is 11.6 Å². The van der Waals surface area contributed by atoms with Crippen molar-refractivity contribution in [1.82, 2.24) is 9.78 Å². The first kappa shape index (κ1) is 19.0. The molecule has 3 aromatic rings. The molecule has 0 aliphatic rings. The van der Waals surface area contributed by atoms with Gasteiger partial charge >= 0.3 is 6.18 Å².